The lowest BCUT2D eigenvalue weighted by Crippen LogP contribution is -2.14. The highest BCUT2D eigenvalue weighted by Gasteiger charge is 2.16. The minimum atomic E-state index is -0.132. The van der Waals surface area contributed by atoms with Crippen LogP contribution in [0.25, 0.3) is 0 Å². The fourth-order valence-electron chi connectivity index (χ4n) is 3.62. The molecule has 0 heterocycles. The van der Waals surface area contributed by atoms with E-state index in [1.54, 1.807) is 6.07 Å². The van der Waals surface area contributed by atoms with E-state index < -0.39 is 0 Å². The Bertz CT molecular complexity index is 806. The van der Waals surface area contributed by atoms with E-state index in [2.05, 4.69) is 22.8 Å². The van der Waals surface area contributed by atoms with Crippen LogP contribution >= 0.6 is 0 Å². The van der Waals surface area contributed by atoms with Crippen molar-refractivity contribution in [2.75, 3.05) is 10.6 Å². The van der Waals surface area contributed by atoms with Crippen LogP contribution in [0.15, 0.2) is 42.5 Å². The van der Waals surface area contributed by atoms with Crippen molar-refractivity contribution in [3.63, 3.8) is 0 Å². The van der Waals surface area contributed by atoms with Crippen LogP contribution in [0.4, 0.5) is 11.4 Å². The van der Waals surface area contributed by atoms with Gasteiger partial charge in [0.25, 0.3) is 5.91 Å². The van der Waals surface area contributed by atoms with E-state index >= 15 is 0 Å². The summed E-state index contributed by atoms with van der Waals surface area (Å²) < 4.78 is 0. The Morgan fingerprint density at radius 3 is 2.33 bits per heavy atom. The van der Waals surface area contributed by atoms with Crippen molar-refractivity contribution in [3.8, 4) is 0 Å². The molecule has 0 aromatic heterocycles. The molecule has 4 heteroatoms. The Hall–Kier alpha value is -2.62. The average molecular weight is 364 g/mol. The van der Waals surface area contributed by atoms with Crippen LogP contribution in [0.1, 0.15) is 72.9 Å². The monoisotopic (exact) mass is 364 g/mol. The van der Waals surface area contributed by atoms with Crippen molar-refractivity contribution in [1.29, 1.82) is 0 Å². The Morgan fingerprint density at radius 1 is 0.963 bits per heavy atom. The third-order valence-corrected chi connectivity index (χ3v) is 5.34. The van der Waals surface area contributed by atoms with E-state index in [0.29, 0.717) is 29.3 Å². The molecule has 1 saturated carbocycles. The molecule has 4 nitrogen and oxygen atoms in total. The van der Waals surface area contributed by atoms with Gasteiger partial charge in [-0.05, 0) is 61.1 Å². The van der Waals surface area contributed by atoms with Gasteiger partial charge in [0.15, 0.2) is 0 Å². The number of carbonyl (C=O) groups is 2. The lowest BCUT2D eigenvalue weighted by atomic mass is 9.84. The van der Waals surface area contributed by atoms with Gasteiger partial charge < -0.3 is 10.6 Å². The number of hydrogen-bond donors (Lipinski definition) is 2. The Labute approximate surface area is 161 Å². The lowest BCUT2D eigenvalue weighted by molar-refractivity contribution is -0.115. The second-order valence-corrected chi connectivity index (χ2v) is 7.34. The van der Waals surface area contributed by atoms with Crippen LogP contribution < -0.4 is 10.6 Å². The van der Waals surface area contributed by atoms with Crippen molar-refractivity contribution in [1.82, 2.24) is 0 Å². The van der Waals surface area contributed by atoms with Gasteiger partial charge in [-0.15, -0.1) is 0 Å². The first kappa shape index (κ1) is 19.2. The summed E-state index contributed by atoms with van der Waals surface area (Å²) in [4.78, 5) is 24.2. The zero-order valence-electron chi connectivity index (χ0n) is 16.2. The van der Waals surface area contributed by atoms with E-state index in [-0.39, 0.29) is 11.8 Å². The molecule has 1 aliphatic carbocycles. The lowest BCUT2D eigenvalue weighted by Gasteiger charge is -2.22. The fraction of sp³-hybridized carbons (Fsp3) is 0.391. The first-order chi connectivity index (χ1) is 13.1. The average Bonchev–Trinajstić information content (AvgIpc) is 2.71. The first-order valence-corrected chi connectivity index (χ1v) is 9.88. The summed E-state index contributed by atoms with van der Waals surface area (Å²) in [5.41, 5.74) is 4.35. The summed E-state index contributed by atoms with van der Waals surface area (Å²) in [7, 11) is 0. The van der Waals surface area contributed by atoms with Gasteiger partial charge >= 0.3 is 0 Å². The fourth-order valence-corrected chi connectivity index (χ4v) is 3.62. The molecule has 0 saturated heterocycles. The van der Waals surface area contributed by atoms with Crippen LogP contribution in [0.2, 0.25) is 0 Å². The molecule has 0 unspecified atom stereocenters. The van der Waals surface area contributed by atoms with Crippen molar-refractivity contribution in [2.24, 2.45) is 0 Å². The van der Waals surface area contributed by atoms with Gasteiger partial charge in [-0.1, -0.05) is 44.4 Å². The van der Waals surface area contributed by atoms with Gasteiger partial charge in [0, 0.05) is 23.4 Å². The van der Waals surface area contributed by atoms with E-state index in [4.69, 9.17) is 0 Å². The number of aryl methyl sites for hydroxylation is 1. The minimum absolute atomic E-state index is 0.0468. The normalized spacial score (nSPS) is 14.6. The summed E-state index contributed by atoms with van der Waals surface area (Å²) in [5, 5.41) is 5.79. The van der Waals surface area contributed by atoms with Crippen molar-refractivity contribution < 1.29 is 9.59 Å². The minimum Gasteiger partial charge on any atom is -0.326 e. The van der Waals surface area contributed by atoms with Crippen LogP contribution in [0, 0.1) is 6.92 Å². The van der Waals surface area contributed by atoms with E-state index in [0.717, 1.165) is 5.56 Å². The summed E-state index contributed by atoms with van der Waals surface area (Å²) in [6.07, 6.45) is 6.87. The molecule has 2 aromatic rings. The van der Waals surface area contributed by atoms with E-state index in [1.165, 1.54) is 37.7 Å². The molecule has 2 amide bonds. The van der Waals surface area contributed by atoms with E-state index in [1.807, 2.05) is 38.1 Å². The SMILES string of the molecule is CCC(=O)Nc1ccc(C)c(NC(=O)c2ccc(C3CCCCC3)cc2)c1. The van der Waals surface area contributed by atoms with Gasteiger partial charge in [0.1, 0.15) is 0 Å². The quantitative estimate of drug-likeness (QED) is 0.721. The number of hydrogen-bond acceptors (Lipinski definition) is 2. The van der Waals surface area contributed by atoms with Crippen LogP contribution in [0.3, 0.4) is 0 Å². The third kappa shape index (κ3) is 4.97. The molecule has 142 valence electrons. The first-order valence-electron chi connectivity index (χ1n) is 9.88. The maximum absolute atomic E-state index is 12.6. The molecular formula is C23H28N2O2. The van der Waals surface area contributed by atoms with Crippen LogP contribution in [0.5, 0.6) is 0 Å². The molecule has 1 aliphatic rings. The highest BCUT2D eigenvalue weighted by atomic mass is 16.2. The second kappa shape index (κ2) is 8.85. The van der Waals surface area contributed by atoms with Gasteiger partial charge in [0.05, 0.1) is 0 Å². The second-order valence-electron chi connectivity index (χ2n) is 7.34. The maximum Gasteiger partial charge on any atom is 0.255 e. The molecule has 0 bridgehead atoms. The standard InChI is InChI=1S/C23H28N2O2/c1-3-22(26)24-20-14-9-16(2)21(15-20)25-23(27)19-12-10-18(11-13-19)17-7-5-4-6-8-17/h9-15,17H,3-8H2,1-2H3,(H,24,26)(H,25,27). The van der Waals surface area contributed by atoms with E-state index in [9.17, 15) is 9.59 Å². The summed E-state index contributed by atoms with van der Waals surface area (Å²) in [6.45, 7) is 3.75. The molecule has 0 radical (unpaired) electrons. The molecular weight excluding hydrogens is 336 g/mol. The molecule has 2 aromatic carbocycles. The zero-order chi connectivity index (χ0) is 19.2. The van der Waals surface area contributed by atoms with Gasteiger partial charge in [-0.25, -0.2) is 0 Å². The number of carbonyl (C=O) groups excluding carboxylic acids is 2. The third-order valence-electron chi connectivity index (χ3n) is 5.34. The maximum atomic E-state index is 12.6. The molecule has 1 fully saturated rings. The molecule has 0 atom stereocenters. The number of rotatable bonds is 5. The Kier molecular flexibility index (Phi) is 6.28. The van der Waals surface area contributed by atoms with Crippen molar-refractivity contribution >= 4 is 23.2 Å². The zero-order valence-corrected chi connectivity index (χ0v) is 16.2. The Morgan fingerprint density at radius 2 is 1.67 bits per heavy atom. The molecule has 0 aliphatic heterocycles. The summed E-state index contributed by atoms with van der Waals surface area (Å²) in [5.74, 6) is 0.457. The smallest absolute Gasteiger partial charge is 0.255 e. The number of benzene rings is 2. The number of nitrogens with one attached hydrogen (secondary N) is 2. The molecule has 27 heavy (non-hydrogen) atoms. The van der Waals surface area contributed by atoms with Gasteiger partial charge in [0.2, 0.25) is 5.91 Å². The number of anilines is 2. The van der Waals surface area contributed by atoms with Crippen LogP contribution in [-0.4, -0.2) is 11.8 Å². The van der Waals surface area contributed by atoms with Crippen LogP contribution in [-0.2, 0) is 4.79 Å². The number of amides is 2. The summed E-state index contributed by atoms with van der Waals surface area (Å²) >= 11 is 0. The molecule has 0 spiro atoms. The van der Waals surface area contributed by atoms with Crippen molar-refractivity contribution in [2.45, 2.75) is 58.3 Å². The van der Waals surface area contributed by atoms with Gasteiger partial charge in [-0.2, -0.15) is 0 Å². The van der Waals surface area contributed by atoms with Crippen molar-refractivity contribution in [3.05, 3.63) is 59.2 Å². The molecule has 3 rings (SSSR count). The largest absolute Gasteiger partial charge is 0.326 e. The predicted octanol–water partition coefficient (Wildman–Crippen LogP) is 5.64. The topological polar surface area (TPSA) is 58.2 Å². The highest BCUT2D eigenvalue weighted by molar-refractivity contribution is 6.05. The summed E-state index contributed by atoms with van der Waals surface area (Å²) in [6, 6.07) is 13.6. The predicted molar refractivity (Wildman–Crippen MR) is 110 cm³/mol. The molecule has 2 N–H and O–H groups in total. The Balaban J connectivity index is 1.69. The van der Waals surface area contributed by atoms with Gasteiger partial charge in [-0.3, -0.25) is 9.59 Å². The highest BCUT2D eigenvalue weighted by Crippen LogP contribution is 2.32.